The van der Waals surface area contributed by atoms with Crippen molar-refractivity contribution < 1.29 is 44.5 Å². The Hall–Kier alpha value is -1.79. The second-order valence-corrected chi connectivity index (χ2v) is 17.6. The summed E-state index contributed by atoms with van der Waals surface area (Å²) in [6.07, 6.45) is 0. The fraction of sp³-hybridized carbons (Fsp3) is 0.542. The topological polar surface area (TPSA) is 112 Å². The van der Waals surface area contributed by atoms with Gasteiger partial charge in [0.25, 0.3) is 0 Å². The summed E-state index contributed by atoms with van der Waals surface area (Å²) < 4.78 is 79.8. The zero-order valence-electron chi connectivity index (χ0n) is 23.5. The van der Waals surface area contributed by atoms with Crippen LogP contribution in [0, 0.1) is 11.3 Å². The Bertz CT molecular complexity index is 1420. The van der Waals surface area contributed by atoms with Crippen molar-refractivity contribution in [3.05, 3.63) is 35.7 Å². The summed E-state index contributed by atoms with van der Waals surface area (Å²) in [5.41, 5.74) is -7.41. The van der Waals surface area contributed by atoms with E-state index in [0.717, 1.165) is 39.9 Å². The highest BCUT2D eigenvalue weighted by atomic mass is 33.1. The van der Waals surface area contributed by atoms with Crippen LogP contribution in [-0.2, 0) is 33.1 Å². The van der Waals surface area contributed by atoms with Gasteiger partial charge in [0.2, 0.25) is 14.9 Å². The van der Waals surface area contributed by atoms with Crippen LogP contribution in [0.25, 0.3) is 10.2 Å². The lowest BCUT2D eigenvalue weighted by atomic mass is 9.66. The van der Waals surface area contributed by atoms with E-state index in [-0.39, 0.29) is 0 Å². The van der Waals surface area contributed by atoms with Crippen LogP contribution in [0.4, 0.5) is 13.2 Å². The molecule has 0 saturated carbocycles. The first-order valence-electron chi connectivity index (χ1n) is 12.1. The molecule has 0 bridgehead atoms. The number of β-lactam (4-membered cyclic amide) rings is 1. The number of para-hydroxylation sites is 1. The molecule has 0 N–H and O–H groups in total. The monoisotopic (exact) mass is 671 g/mol. The van der Waals surface area contributed by atoms with Gasteiger partial charge in [-0.25, -0.2) is 9.78 Å². The number of rotatable bonds is 10. The Morgan fingerprint density at radius 1 is 1.15 bits per heavy atom. The summed E-state index contributed by atoms with van der Waals surface area (Å²) in [7, 11) is -4.17. The van der Waals surface area contributed by atoms with Crippen LogP contribution in [0.5, 0.6) is 0 Å². The number of amides is 1. The number of fused-ring (bicyclic) bond motifs is 1. The van der Waals surface area contributed by atoms with Crippen molar-refractivity contribution >= 4 is 74.2 Å². The maximum atomic E-state index is 13.9. The highest BCUT2D eigenvalue weighted by Gasteiger charge is 2.63. The van der Waals surface area contributed by atoms with Gasteiger partial charge in [-0.05, 0) is 55.3 Å². The summed E-state index contributed by atoms with van der Waals surface area (Å²) >= 11 is 1.41. The predicted octanol–water partition coefficient (Wildman–Crippen LogP) is 6.16. The van der Waals surface area contributed by atoms with Gasteiger partial charge in [0.05, 0.1) is 28.8 Å². The molecule has 0 aliphatic carbocycles. The lowest BCUT2D eigenvalue weighted by molar-refractivity contribution is -0.175. The number of allylic oxidation sites excluding steroid dienone is 1. The Balaban J connectivity index is 2.12. The zero-order valence-corrected chi connectivity index (χ0v) is 27.7. The van der Waals surface area contributed by atoms with Crippen LogP contribution >= 0.6 is 32.9 Å². The second kappa shape index (κ2) is 12.1. The first kappa shape index (κ1) is 33.7. The van der Waals surface area contributed by atoms with Crippen molar-refractivity contribution in [1.82, 2.24) is 9.88 Å². The minimum absolute atomic E-state index is 0.596. The maximum absolute atomic E-state index is 13.9. The van der Waals surface area contributed by atoms with Crippen LogP contribution in [0.3, 0.4) is 0 Å². The molecule has 3 rings (SSSR count). The molecule has 9 nitrogen and oxygen atoms in total. The zero-order chi connectivity index (χ0) is 31.1. The third kappa shape index (κ3) is 6.74. The van der Waals surface area contributed by atoms with Crippen LogP contribution in [0.1, 0.15) is 34.6 Å². The number of benzene rings is 1. The van der Waals surface area contributed by atoms with Gasteiger partial charge in [-0.1, -0.05) is 43.7 Å². The molecule has 2 unspecified atom stereocenters. The van der Waals surface area contributed by atoms with Gasteiger partial charge in [0, 0.05) is 0 Å². The van der Waals surface area contributed by atoms with Crippen molar-refractivity contribution in [3.63, 3.8) is 0 Å². The number of nitrogens with zero attached hydrogens (tertiary/aromatic N) is 2. The fourth-order valence-electron chi connectivity index (χ4n) is 4.15. The van der Waals surface area contributed by atoms with Crippen molar-refractivity contribution in [2.45, 2.75) is 68.5 Å². The number of thiazole rings is 1. The largest absolute Gasteiger partial charge is 0.534 e. The Morgan fingerprint density at radius 2 is 1.76 bits per heavy atom. The summed E-state index contributed by atoms with van der Waals surface area (Å²) in [5, 5.41) is -0.897. The number of hydrogen-bond donors (Lipinski definition) is 0. The van der Waals surface area contributed by atoms with Crippen LogP contribution in [0.2, 0.25) is 13.1 Å². The third-order valence-corrected chi connectivity index (χ3v) is 12.4. The molecule has 2 aromatic rings. The molecule has 1 saturated heterocycles. The van der Waals surface area contributed by atoms with Gasteiger partial charge in [0.1, 0.15) is 11.1 Å². The van der Waals surface area contributed by atoms with Gasteiger partial charge >= 0.3 is 21.6 Å². The maximum Gasteiger partial charge on any atom is 0.534 e. The highest BCUT2D eigenvalue weighted by Crippen LogP contribution is 2.55. The minimum Gasteiger partial charge on any atom is -0.464 e. The number of likely N-dealkylation sites (tertiary alicyclic amines) is 1. The van der Waals surface area contributed by atoms with Gasteiger partial charge < -0.3 is 13.3 Å². The predicted molar refractivity (Wildman–Crippen MR) is 154 cm³/mol. The molecule has 0 spiro atoms. The number of esters is 1. The molecule has 1 amide bonds. The molecular weight excluding hydrogens is 642 g/mol. The van der Waals surface area contributed by atoms with Crippen molar-refractivity contribution in [2.75, 3.05) is 7.11 Å². The number of hydrogen-bond acceptors (Lipinski definition) is 11. The molecule has 2 heterocycles. The summed E-state index contributed by atoms with van der Waals surface area (Å²) in [5.74, 6) is -3.72. The third-order valence-electron chi connectivity index (χ3n) is 6.51. The number of ether oxygens (including phenoxy) is 1. The number of carbonyl (C=O) groups excluding carboxylic acids is 2. The van der Waals surface area contributed by atoms with Crippen LogP contribution in [-0.4, -0.2) is 62.8 Å². The molecule has 1 aromatic heterocycles. The number of alkyl halides is 3. The first-order chi connectivity index (χ1) is 18.7. The average molecular weight is 672 g/mol. The van der Waals surface area contributed by atoms with E-state index in [1.807, 2.05) is 58.1 Å². The lowest BCUT2D eigenvalue weighted by Gasteiger charge is -2.57. The molecule has 17 heteroatoms. The van der Waals surface area contributed by atoms with E-state index < -0.39 is 70.3 Å². The van der Waals surface area contributed by atoms with Crippen molar-refractivity contribution in [2.24, 2.45) is 11.3 Å². The van der Waals surface area contributed by atoms with Gasteiger partial charge in [-0.2, -0.15) is 21.6 Å². The molecule has 1 aromatic carbocycles. The highest BCUT2D eigenvalue weighted by molar-refractivity contribution is 8.77. The van der Waals surface area contributed by atoms with Gasteiger partial charge in [-0.15, -0.1) is 11.3 Å². The SMILES string of the molecule is COC(=O)/C(=C(/C)OS(=O)(=O)C(F)(F)F)N1C(=O)C([C@](C)(O[Si](C)C)C(C)(C)C)C1SSc1nc2ccccc2s1. The van der Waals surface area contributed by atoms with E-state index in [1.165, 1.54) is 22.1 Å². The van der Waals surface area contributed by atoms with E-state index in [2.05, 4.69) is 9.17 Å². The molecule has 227 valence electrons. The minimum atomic E-state index is -6.13. The van der Waals surface area contributed by atoms with Crippen molar-refractivity contribution in [1.29, 1.82) is 0 Å². The number of aromatic nitrogens is 1. The smallest absolute Gasteiger partial charge is 0.464 e. The molecule has 1 aliphatic heterocycles. The second-order valence-electron chi connectivity index (χ2n) is 10.5. The molecule has 41 heavy (non-hydrogen) atoms. The Kier molecular flexibility index (Phi) is 9.92. The summed E-state index contributed by atoms with van der Waals surface area (Å²) in [4.78, 5) is 32.2. The van der Waals surface area contributed by atoms with Crippen molar-refractivity contribution in [3.8, 4) is 0 Å². The number of methoxy groups -OCH3 is 1. The molecule has 1 aliphatic rings. The molecular formula is C24H30F3N2O7S4Si. The fourth-order valence-corrected chi connectivity index (χ4v) is 10.0. The normalized spacial score (nSPS) is 20.5. The van der Waals surface area contributed by atoms with E-state index in [1.54, 1.807) is 6.92 Å². The first-order valence-corrected chi connectivity index (χ1v) is 18.9. The van der Waals surface area contributed by atoms with E-state index >= 15 is 0 Å². The van der Waals surface area contributed by atoms with Gasteiger partial charge in [-0.3, -0.25) is 9.69 Å². The van der Waals surface area contributed by atoms with E-state index in [4.69, 9.17) is 9.16 Å². The Morgan fingerprint density at radius 3 is 2.27 bits per heavy atom. The number of halogens is 3. The van der Waals surface area contributed by atoms with Crippen LogP contribution < -0.4 is 0 Å². The average Bonchev–Trinajstić information content (AvgIpc) is 3.24. The van der Waals surface area contributed by atoms with E-state index in [9.17, 15) is 31.2 Å². The standard InChI is InChI=1S/C24H30F3N2O7S4Si/c1-13(35-40(32,33)24(25,26)27)17(20(31)34-6)29-18(30)16(23(5,22(2,3)4)36-41(7)8)19(29)38-39-21-28-14-11-9-10-12-15(14)37-21/h9-12,16,19H,1-8H3/b17-13+/t16?,19?,23-/m0/s1. The molecule has 1 fully saturated rings. The summed E-state index contributed by atoms with van der Waals surface area (Å²) in [6.45, 7) is 12.2. The molecule has 3 atom stereocenters. The van der Waals surface area contributed by atoms with E-state index in [0.29, 0.717) is 4.34 Å². The Labute approximate surface area is 250 Å². The summed E-state index contributed by atoms with van der Waals surface area (Å²) in [6, 6.07) is 7.47. The quantitative estimate of drug-likeness (QED) is 0.0425. The van der Waals surface area contributed by atoms with Crippen LogP contribution in [0.15, 0.2) is 40.1 Å². The lowest BCUT2D eigenvalue weighted by Crippen LogP contribution is -2.70. The van der Waals surface area contributed by atoms with Gasteiger partial charge in [0.15, 0.2) is 10.0 Å². The number of carbonyl (C=O) groups is 2. The molecule has 1 radical (unpaired) electrons.